The molecule has 0 spiro atoms. The van der Waals surface area contributed by atoms with Crippen molar-refractivity contribution in [2.45, 2.75) is 90.4 Å². The molecular weight excluding hydrogens is 296 g/mol. The first kappa shape index (κ1) is 19.4. The maximum atomic E-state index is 11.0. The number of hydrogen-bond donors (Lipinski definition) is 1. The van der Waals surface area contributed by atoms with Crippen molar-refractivity contribution in [3.8, 4) is 0 Å². The Balaban J connectivity index is 2.02. The number of unbranched alkanes of at least 4 members (excludes halogenated alkanes) is 9. The fourth-order valence-corrected chi connectivity index (χ4v) is 3.52. The summed E-state index contributed by atoms with van der Waals surface area (Å²) >= 11 is 0. The summed E-state index contributed by atoms with van der Waals surface area (Å²) in [6, 6.07) is 0. The standard InChI is InChI=1S/C18H32O3S/c1-2-3-4-5-6-7-8-9-10-11-12-17-13-15-18(16-14-17)22(19,20)21/h13,15H,2-12,14,16H2,1H3,(H,19,20,21). The molecule has 0 atom stereocenters. The van der Waals surface area contributed by atoms with E-state index in [1.54, 1.807) is 6.08 Å². The quantitative estimate of drug-likeness (QED) is 0.364. The summed E-state index contributed by atoms with van der Waals surface area (Å²) in [5.74, 6) is 0. The summed E-state index contributed by atoms with van der Waals surface area (Å²) in [4.78, 5) is 0.152. The topological polar surface area (TPSA) is 54.4 Å². The molecule has 1 N–H and O–H groups in total. The SMILES string of the molecule is CCCCCCCCCCCCC1=CC=C(S(=O)(=O)O)CC1. The van der Waals surface area contributed by atoms with Crippen molar-refractivity contribution in [1.29, 1.82) is 0 Å². The van der Waals surface area contributed by atoms with Crippen LogP contribution in [-0.4, -0.2) is 13.0 Å². The lowest BCUT2D eigenvalue weighted by Crippen LogP contribution is -2.05. The molecule has 0 aromatic carbocycles. The number of allylic oxidation sites excluding steroid dienone is 4. The Morgan fingerprint density at radius 3 is 1.86 bits per heavy atom. The Bertz CT molecular complexity index is 461. The normalized spacial score (nSPS) is 15.5. The van der Waals surface area contributed by atoms with Gasteiger partial charge >= 0.3 is 0 Å². The van der Waals surface area contributed by atoms with E-state index < -0.39 is 10.1 Å². The fourth-order valence-electron chi connectivity index (χ4n) is 2.92. The zero-order chi connectivity index (χ0) is 16.3. The Morgan fingerprint density at radius 1 is 0.864 bits per heavy atom. The highest BCUT2D eigenvalue weighted by Crippen LogP contribution is 2.25. The van der Waals surface area contributed by atoms with Crippen LogP contribution in [0.1, 0.15) is 90.4 Å². The second-order valence-corrected chi connectivity index (χ2v) is 7.84. The van der Waals surface area contributed by atoms with E-state index >= 15 is 0 Å². The summed E-state index contributed by atoms with van der Waals surface area (Å²) in [5, 5.41) is 0. The molecule has 1 rings (SSSR count). The van der Waals surface area contributed by atoms with Crippen molar-refractivity contribution in [3.63, 3.8) is 0 Å². The molecule has 0 bridgehead atoms. The third-order valence-corrected chi connectivity index (χ3v) is 5.38. The van der Waals surface area contributed by atoms with E-state index in [0.29, 0.717) is 6.42 Å². The van der Waals surface area contributed by atoms with Crippen LogP contribution in [0.25, 0.3) is 0 Å². The summed E-state index contributed by atoms with van der Waals surface area (Å²) in [7, 11) is -3.98. The van der Waals surface area contributed by atoms with Crippen LogP contribution in [0.5, 0.6) is 0 Å². The summed E-state index contributed by atoms with van der Waals surface area (Å²) in [6.45, 7) is 2.25. The van der Waals surface area contributed by atoms with Gasteiger partial charge in [-0.1, -0.05) is 76.4 Å². The lowest BCUT2D eigenvalue weighted by Gasteiger charge is -2.12. The van der Waals surface area contributed by atoms with Crippen molar-refractivity contribution < 1.29 is 13.0 Å². The molecule has 3 nitrogen and oxygen atoms in total. The third-order valence-electron chi connectivity index (χ3n) is 4.38. The molecule has 1 aliphatic rings. The van der Waals surface area contributed by atoms with Gasteiger partial charge in [-0.25, -0.2) is 0 Å². The molecule has 0 aromatic rings. The van der Waals surface area contributed by atoms with Crippen LogP contribution >= 0.6 is 0 Å². The minimum atomic E-state index is -3.98. The largest absolute Gasteiger partial charge is 0.290 e. The van der Waals surface area contributed by atoms with Crippen LogP contribution in [0.15, 0.2) is 22.6 Å². The van der Waals surface area contributed by atoms with Crippen molar-refractivity contribution in [2.24, 2.45) is 0 Å². The van der Waals surface area contributed by atoms with Gasteiger partial charge in [0.2, 0.25) is 0 Å². The average molecular weight is 329 g/mol. The van der Waals surface area contributed by atoms with Gasteiger partial charge in [0, 0.05) is 0 Å². The maximum Gasteiger partial charge on any atom is 0.290 e. The highest BCUT2D eigenvalue weighted by Gasteiger charge is 2.16. The van der Waals surface area contributed by atoms with Crippen LogP contribution in [0.2, 0.25) is 0 Å². The van der Waals surface area contributed by atoms with E-state index in [9.17, 15) is 8.42 Å². The second-order valence-electron chi connectivity index (χ2n) is 6.36. The van der Waals surface area contributed by atoms with Gasteiger partial charge in [0.1, 0.15) is 0 Å². The maximum absolute atomic E-state index is 11.0. The molecule has 0 aliphatic heterocycles. The molecule has 0 saturated carbocycles. The Hall–Kier alpha value is -0.610. The van der Waals surface area contributed by atoms with Crippen molar-refractivity contribution >= 4 is 10.1 Å². The molecule has 22 heavy (non-hydrogen) atoms. The molecule has 0 amide bonds. The molecule has 128 valence electrons. The van der Waals surface area contributed by atoms with Gasteiger partial charge in [-0.15, -0.1) is 0 Å². The predicted octanol–water partition coefficient (Wildman–Crippen LogP) is 5.79. The van der Waals surface area contributed by atoms with E-state index in [1.165, 1.54) is 69.8 Å². The smallest absolute Gasteiger partial charge is 0.282 e. The average Bonchev–Trinajstić information content (AvgIpc) is 2.49. The molecule has 0 radical (unpaired) electrons. The first-order valence-corrected chi connectivity index (χ1v) is 10.3. The Morgan fingerprint density at radius 2 is 1.41 bits per heavy atom. The molecule has 4 heteroatoms. The molecule has 0 heterocycles. The molecular formula is C18H32O3S. The van der Waals surface area contributed by atoms with Crippen molar-refractivity contribution in [3.05, 3.63) is 22.6 Å². The van der Waals surface area contributed by atoms with Gasteiger partial charge in [0.15, 0.2) is 0 Å². The second kappa shape index (κ2) is 11.0. The monoisotopic (exact) mass is 328 g/mol. The number of hydrogen-bond acceptors (Lipinski definition) is 2. The summed E-state index contributed by atoms with van der Waals surface area (Å²) < 4.78 is 31.0. The van der Waals surface area contributed by atoms with E-state index in [4.69, 9.17) is 4.55 Å². The van der Waals surface area contributed by atoms with E-state index in [0.717, 1.165) is 12.8 Å². The van der Waals surface area contributed by atoms with Crippen LogP contribution in [0.3, 0.4) is 0 Å². The zero-order valence-corrected chi connectivity index (χ0v) is 14.8. The first-order valence-electron chi connectivity index (χ1n) is 8.90. The van der Waals surface area contributed by atoms with Gasteiger partial charge in [-0.05, 0) is 31.8 Å². The zero-order valence-electron chi connectivity index (χ0n) is 14.0. The van der Waals surface area contributed by atoms with E-state index in [-0.39, 0.29) is 4.91 Å². The van der Waals surface area contributed by atoms with E-state index in [1.807, 2.05) is 6.08 Å². The molecule has 1 aliphatic carbocycles. The van der Waals surface area contributed by atoms with Gasteiger partial charge in [-0.2, -0.15) is 8.42 Å². The Labute approximate surface area is 136 Å². The van der Waals surface area contributed by atoms with Crippen LogP contribution in [0, 0.1) is 0 Å². The molecule has 0 unspecified atom stereocenters. The van der Waals surface area contributed by atoms with Crippen molar-refractivity contribution in [2.75, 3.05) is 0 Å². The van der Waals surface area contributed by atoms with Crippen molar-refractivity contribution in [1.82, 2.24) is 0 Å². The first-order chi connectivity index (χ1) is 10.5. The molecule has 0 saturated heterocycles. The fraction of sp³-hybridized carbons (Fsp3) is 0.778. The minimum Gasteiger partial charge on any atom is -0.282 e. The highest BCUT2D eigenvalue weighted by atomic mass is 32.2. The lowest BCUT2D eigenvalue weighted by molar-refractivity contribution is 0.488. The third kappa shape index (κ3) is 8.74. The molecule has 0 aromatic heterocycles. The predicted molar refractivity (Wildman–Crippen MR) is 93.4 cm³/mol. The van der Waals surface area contributed by atoms with Crippen LogP contribution in [-0.2, 0) is 10.1 Å². The van der Waals surface area contributed by atoms with Gasteiger partial charge < -0.3 is 0 Å². The van der Waals surface area contributed by atoms with Crippen LogP contribution < -0.4 is 0 Å². The summed E-state index contributed by atoms with van der Waals surface area (Å²) in [6.07, 6.45) is 19.1. The van der Waals surface area contributed by atoms with E-state index in [2.05, 4.69) is 6.92 Å². The number of rotatable bonds is 12. The highest BCUT2D eigenvalue weighted by molar-refractivity contribution is 7.89. The van der Waals surface area contributed by atoms with Crippen LogP contribution in [0.4, 0.5) is 0 Å². The Kier molecular flexibility index (Phi) is 9.73. The minimum absolute atomic E-state index is 0.152. The molecule has 0 fully saturated rings. The van der Waals surface area contributed by atoms with Gasteiger partial charge in [0.05, 0.1) is 4.91 Å². The van der Waals surface area contributed by atoms with Gasteiger partial charge in [-0.3, -0.25) is 4.55 Å². The summed E-state index contributed by atoms with van der Waals surface area (Å²) in [5.41, 5.74) is 1.31. The lowest BCUT2D eigenvalue weighted by atomic mass is 9.98. The van der Waals surface area contributed by atoms with Gasteiger partial charge in [0.25, 0.3) is 10.1 Å².